The Bertz CT molecular complexity index is 1210. The third-order valence-electron chi connectivity index (χ3n) is 5.08. The molecule has 1 saturated heterocycles. The summed E-state index contributed by atoms with van der Waals surface area (Å²) in [6.07, 6.45) is 4.11. The number of piperidine rings is 1. The predicted octanol–water partition coefficient (Wildman–Crippen LogP) is 4.35. The summed E-state index contributed by atoms with van der Waals surface area (Å²) in [6, 6.07) is 11.4. The maximum atomic E-state index is 13.5. The van der Waals surface area contributed by atoms with Crippen molar-refractivity contribution in [3.63, 3.8) is 0 Å². The summed E-state index contributed by atoms with van der Waals surface area (Å²) in [7, 11) is -3.55. The molecule has 9 heteroatoms. The van der Waals surface area contributed by atoms with Gasteiger partial charge in [0, 0.05) is 17.9 Å². The second kappa shape index (κ2) is 9.22. The van der Waals surface area contributed by atoms with Crippen LogP contribution in [0.25, 0.3) is 11.3 Å². The van der Waals surface area contributed by atoms with E-state index in [-0.39, 0.29) is 11.0 Å². The van der Waals surface area contributed by atoms with E-state index in [4.69, 9.17) is 9.47 Å². The van der Waals surface area contributed by atoms with E-state index >= 15 is 0 Å². The first-order valence-corrected chi connectivity index (χ1v) is 12.0. The second-order valence-corrected chi connectivity index (χ2v) is 9.54. The minimum atomic E-state index is -3.55. The van der Waals surface area contributed by atoms with Crippen molar-refractivity contribution in [1.82, 2.24) is 10.3 Å². The highest BCUT2D eigenvalue weighted by atomic mass is 32.2. The normalized spacial score (nSPS) is 14.8. The van der Waals surface area contributed by atoms with Crippen LogP contribution in [0, 0.1) is 11.6 Å². The standard InChI is InChI=1S/C23H22F2N2O4S/c1-32(28,29)23-13-17(4-7-22(23)31-16-8-10-26-11-9-16)30-18-3-6-21(27-14-18)15-2-5-19(24)20(25)12-15/h2-7,12-14,16,26H,8-11H2,1H3. The van der Waals surface area contributed by atoms with Crippen LogP contribution in [0.15, 0.2) is 59.6 Å². The van der Waals surface area contributed by atoms with E-state index in [1.54, 1.807) is 24.3 Å². The van der Waals surface area contributed by atoms with Gasteiger partial charge in [-0.05, 0) is 68.4 Å². The minimum Gasteiger partial charge on any atom is -0.489 e. The molecule has 0 radical (unpaired) electrons. The summed E-state index contributed by atoms with van der Waals surface area (Å²) in [5, 5.41) is 3.24. The van der Waals surface area contributed by atoms with Crippen molar-refractivity contribution >= 4 is 9.84 Å². The average Bonchev–Trinajstić information content (AvgIpc) is 2.77. The zero-order valence-electron chi connectivity index (χ0n) is 17.3. The number of benzene rings is 2. The summed E-state index contributed by atoms with van der Waals surface area (Å²) in [4.78, 5) is 4.27. The van der Waals surface area contributed by atoms with Gasteiger partial charge in [-0.1, -0.05) is 0 Å². The molecular formula is C23H22F2N2O4S. The summed E-state index contributed by atoms with van der Waals surface area (Å²) in [5.74, 6) is -0.903. The predicted molar refractivity (Wildman–Crippen MR) is 116 cm³/mol. The van der Waals surface area contributed by atoms with Gasteiger partial charge in [-0.2, -0.15) is 0 Å². The molecule has 0 aliphatic carbocycles. The fourth-order valence-corrected chi connectivity index (χ4v) is 4.25. The number of nitrogens with one attached hydrogen (secondary N) is 1. The first-order valence-electron chi connectivity index (χ1n) is 10.1. The minimum absolute atomic E-state index is 0.0449. The van der Waals surface area contributed by atoms with Crippen LogP contribution >= 0.6 is 0 Å². The topological polar surface area (TPSA) is 77.5 Å². The van der Waals surface area contributed by atoms with Gasteiger partial charge in [0.05, 0.1) is 11.9 Å². The largest absolute Gasteiger partial charge is 0.489 e. The lowest BCUT2D eigenvalue weighted by Gasteiger charge is -2.25. The van der Waals surface area contributed by atoms with Gasteiger partial charge in [-0.3, -0.25) is 4.98 Å². The van der Waals surface area contributed by atoms with Crippen molar-refractivity contribution in [3.05, 3.63) is 66.4 Å². The smallest absolute Gasteiger partial charge is 0.179 e. The van der Waals surface area contributed by atoms with Crippen LogP contribution in [-0.2, 0) is 9.84 Å². The van der Waals surface area contributed by atoms with Crippen LogP contribution in [0.3, 0.4) is 0 Å². The maximum absolute atomic E-state index is 13.5. The number of nitrogens with zero attached hydrogens (tertiary/aromatic N) is 1. The number of rotatable bonds is 6. The third-order valence-corrected chi connectivity index (χ3v) is 6.20. The number of hydrogen-bond donors (Lipinski definition) is 1. The summed E-state index contributed by atoms with van der Waals surface area (Å²) < 4.78 is 63.0. The van der Waals surface area contributed by atoms with Crippen molar-refractivity contribution in [2.24, 2.45) is 0 Å². The lowest BCUT2D eigenvalue weighted by atomic mass is 10.1. The van der Waals surface area contributed by atoms with E-state index in [0.717, 1.165) is 44.3 Å². The molecule has 1 aliphatic rings. The molecule has 168 valence electrons. The molecule has 2 heterocycles. The van der Waals surface area contributed by atoms with Crippen LogP contribution in [0.5, 0.6) is 17.2 Å². The monoisotopic (exact) mass is 460 g/mol. The van der Waals surface area contributed by atoms with E-state index < -0.39 is 21.5 Å². The molecule has 2 aromatic carbocycles. The Morgan fingerprint density at radius 1 is 0.969 bits per heavy atom. The molecule has 0 atom stereocenters. The zero-order chi connectivity index (χ0) is 22.7. The van der Waals surface area contributed by atoms with Gasteiger partial charge in [0.2, 0.25) is 0 Å². The van der Waals surface area contributed by atoms with Crippen molar-refractivity contribution in [3.8, 4) is 28.5 Å². The first kappa shape index (κ1) is 22.2. The molecule has 0 spiro atoms. The molecule has 0 amide bonds. The van der Waals surface area contributed by atoms with Crippen LogP contribution in [0.2, 0.25) is 0 Å². The summed E-state index contributed by atoms with van der Waals surface area (Å²) in [6.45, 7) is 1.65. The van der Waals surface area contributed by atoms with E-state index in [1.807, 2.05) is 0 Å². The fraction of sp³-hybridized carbons (Fsp3) is 0.261. The average molecular weight is 461 g/mol. The molecule has 1 fully saturated rings. The van der Waals surface area contributed by atoms with Gasteiger partial charge >= 0.3 is 0 Å². The van der Waals surface area contributed by atoms with E-state index in [0.29, 0.717) is 28.5 Å². The molecule has 6 nitrogen and oxygen atoms in total. The third kappa shape index (κ3) is 5.23. The van der Waals surface area contributed by atoms with E-state index in [2.05, 4.69) is 10.3 Å². The van der Waals surface area contributed by atoms with Crippen LogP contribution in [0.4, 0.5) is 8.78 Å². The lowest BCUT2D eigenvalue weighted by Crippen LogP contribution is -2.34. The summed E-state index contributed by atoms with van der Waals surface area (Å²) >= 11 is 0. The van der Waals surface area contributed by atoms with Crippen molar-refractivity contribution < 1.29 is 26.7 Å². The van der Waals surface area contributed by atoms with Crippen molar-refractivity contribution in [2.75, 3.05) is 19.3 Å². The highest BCUT2D eigenvalue weighted by molar-refractivity contribution is 7.90. The molecule has 1 N–H and O–H groups in total. The number of aromatic nitrogens is 1. The quantitative estimate of drug-likeness (QED) is 0.589. The highest BCUT2D eigenvalue weighted by Gasteiger charge is 2.21. The Morgan fingerprint density at radius 3 is 2.38 bits per heavy atom. The Kier molecular flexibility index (Phi) is 6.38. The molecule has 0 bridgehead atoms. The molecule has 4 rings (SSSR count). The molecule has 0 saturated carbocycles. The fourth-order valence-electron chi connectivity index (χ4n) is 3.43. The van der Waals surface area contributed by atoms with Crippen LogP contribution in [0.1, 0.15) is 12.8 Å². The number of halogens is 2. The van der Waals surface area contributed by atoms with Gasteiger partial charge in [0.25, 0.3) is 0 Å². The number of pyridine rings is 1. The van der Waals surface area contributed by atoms with Gasteiger partial charge in [-0.15, -0.1) is 0 Å². The molecule has 1 aliphatic heterocycles. The Morgan fingerprint density at radius 2 is 1.72 bits per heavy atom. The summed E-state index contributed by atoms with van der Waals surface area (Å²) in [5.41, 5.74) is 0.869. The molecular weight excluding hydrogens is 438 g/mol. The Hall–Kier alpha value is -3.04. The second-order valence-electron chi connectivity index (χ2n) is 7.56. The Balaban J connectivity index is 1.54. The molecule has 0 unspecified atom stereocenters. The van der Waals surface area contributed by atoms with Gasteiger partial charge in [0.15, 0.2) is 21.5 Å². The van der Waals surface area contributed by atoms with Gasteiger partial charge in [0.1, 0.15) is 28.2 Å². The van der Waals surface area contributed by atoms with Crippen molar-refractivity contribution in [1.29, 1.82) is 0 Å². The molecule has 32 heavy (non-hydrogen) atoms. The van der Waals surface area contributed by atoms with Crippen molar-refractivity contribution in [2.45, 2.75) is 23.8 Å². The maximum Gasteiger partial charge on any atom is 0.179 e. The lowest BCUT2D eigenvalue weighted by molar-refractivity contribution is 0.158. The zero-order valence-corrected chi connectivity index (χ0v) is 18.2. The van der Waals surface area contributed by atoms with E-state index in [1.165, 1.54) is 18.3 Å². The van der Waals surface area contributed by atoms with Crippen LogP contribution < -0.4 is 14.8 Å². The van der Waals surface area contributed by atoms with Crippen LogP contribution in [-0.4, -0.2) is 38.9 Å². The SMILES string of the molecule is CS(=O)(=O)c1cc(Oc2ccc(-c3ccc(F)c(F)c3)nc2)ccc1OC1CCNCC1. The molecule has 1 aromatic heterocycles. The molecule has 3 aromatic rings. The highest BCUT2D eigenvalue weighted by Crippen LogP contribution is 2.32. The van der Waals surface area contributed by atoms with Gasteiger partial charge < -0.3 is 14.8 Å². The first-order chi connectivity index (χ1) is 15.3. The number of sulfone groups is 1. The number of ether oxygens (including phenoxy) is 2. The Labute approximate surface area is 185 Å². The van der Waals surface area contributed by atoms with E-state index in [9.17, 15) is 17.2 Å². The number of hydrogen-bond acceptors (Lipinski definition) is 6. The van der Waals surface area contributed by atoms with Gasteiger partial charge in [-0.25, -0.2) is 17.2 Å².